The second kappa shape index (κ2) is 6.29. The molecule has 2 aromatic carbocycles. The topological polar surface area (TPSA) is 87.3 Å². The molecule has 0 fully saturated rings. The maximum atomic E-state index is 12.6. The molecule has 6 heteroatoms. The zero-order valence-corrected chi connectivity index (χ0v) is 14.4. The molecule has 6 nitrogen and oxygen atoms in total. The summed E-state index contributed by atoms with van der Waals surface area (Å²) in [5, 5.41) is 8.62. The molecule has 132 valence electrons. The molecule has 0 unspecified atom stereocenters. The van der Waals surface area contributed by atoms with Gasteiger partial charge in [0.2, 0.25) is 11.8 Å². The Labute approximate surface area is 151 Å². The van der Waals surface area contributed by atoms with Crippen LogP contribution in [0.3, 0.4) is 0 Å². The maximum absolute atomic E-state index is 12.6. The lowest BCUT2D eigenvalue weighted by atomic mass is 9.99. The lowest BCUT2D eigenvalue weighted by molar-refractivity contribution is -0.116. The molecule has 4 rings (SSSR count). The second-order valence-corrected chi connectivity index (χ2v) is 6.76. The molecule has 0 radical (unpaired) electrons. The van der Waals surface area contributed by atoms with Crippen molar-refractivity contribution in [2.24, 2.45) is 0 Å². The van der Waals surface area contributed by atoms with E-state index in [2.05, 4.69) is 16.0 Å². The van der Waals surface area contributed by atoms with E-state index in [1.54, 1.807) is 12.1 Å². The normalized spacial score (nSPS) is 16.2. The van der Waals surface area contributed by atoms with Gasteiger partial charge in [0.05, 0.1) is 12.5 Å². The molecular weight excluding hydrogens is 330 g/mol. The van der Waals surface area contributed by atoms with Gasteiger partial charge in [0.25, 0.3) is 5.91 Å². The number of benzene rings is 2. The third-order valence-corrected chi connectivity index (χ3v) is 4.86. The van der Waals surface area contributed by atoms with E-state index in [-0.39, 0.29) is 23.8 Å². The van der Waals surface area contributed by atoms with E-state index in [1.165, 1.54) is 0 Å². The van der Waals surface area contributed by atoms with Gasteiger partial charge in [-0.25, -0.2) is 0 Å². The first-order chi connectivity index (χ1) is 12.5. The molecule has 2 heterocycles. The first-order valence-corrected chi connectivity index (χ1v) is 8.66. The van der Waals surface area contributed by atoms with Crippen LogP contribution in [0.15, 0.2) is 36.4 Å². The Morgan fingerprint density at radius 3 is 2.54 bits per heavy atom. The maximum Gasteiger partial charge on any atom is 0.251 e. The highest BCUT2D eigenvalue weighted by Gasteiger charge is 2.20. The van der Waals surface area contributed by atoms with Gasteiger partial charge in [0.1, 0.15) is 0 Å². The number of nitrogens with one attached hydrogen (secondary N) is 3. The van der Waals surface area contributed by atoms with Crippen molar-refractivity contribution >= 4 is 29.1 Å². The summed E-state index contributed by atoms with van der Waals surface area (Å²) >= 11 is 0. The Hall–Kier alpha value is -3.15. The molecule has 2 aliphatic heterocycles. The largest absolute Gasteiger partial charge is 0.346 e. The molecule has 0 spiro atoms. The average Bonchev–Trinajstić information content (AvgIpc) is 3.00. The summed E-state index contributed by atoms with van der Waals surface area (Å²) in [5.41, 5.74) is 5.09. The minimum absolute atomic E-state index is 0.00464. The molecule has 3 N–H and O–H groups in total. The summed E-state index contributed by atoms with van der Waals surface area (Å²) in [6, 6.07) is 10.9. The van der Waals surface area contributed by atoms with Gasteiger partial charge < -0.3 is 16.0 Å². The number of anilines is 2. The Balaban J connectivity index is 1.49. The van der Waals surface area contributed by atoms with Gasteiger partial charge in [-0.3, -0.25) is 14.4 Å². The zero-order chi connectivity index (χ0) is 18.3. The number of amides is 3. The van der Waals surface area contributed by atoms with Gasteiger partial charge in [-0.15, -0.1) is 0 Å². The van der Waals surface area contributed by atoms with E-state index in [0.717, 1.165) is 28.1 Å². The van der Waals surface area contributed by atoms with Crippen molar-refractivity contribution in [1.82, 2.24) is 5.32 Å². The third-order valence-electron chi connectivity index (χ3n) is 4.86. The van der Waals surface area contributed by atoms with Gasteiger partial charge in [-0.2, -0.15) is 0 Å². The number of hydrogen-bond donors (Lipinski definition) is 3. The second-order valence-electron chi connectivity index (χ2n) is 6.76. The van der Waals surface area contributed by atoms with Crippen molar-refractivity contribution < 1.29 is 14.4 Å². The van der Waals surface area contributed by atoms with Crippen LogP contribution in [-0.4, -0.2) is 17.7 Å². The highest BCUT2D eigenvalue weighted by Crippen LogP contribution is 2.27. The lowest BCUT2D eigenvalue weighted by Crippen LogP contribution is -2.27. The molecule has 0 bridgehead atoms. The van der Waals surface area contributed by atoms with E-state index in [4.69, 9.17) is 0 Å². The molecule has 0 aliphatic carbocycles. The average molecular weight is 349 g/mol. The number of hydrogen-bond acceptors (Lipinski definition) is 3. The van der Waals surface area contributed by atoms with Gasteiger partial charge >= 0.3 is 0 Å². The SMILES string of the molecule is C[C@H](NC(=O)c1ccc2c(c1)CCC(=O)N2)c1ccc2c(c1)CC(=O)N2. The van der Waals surface area contributed by atoms with E-state index < -0.39 is 0 Å². The van der Waals surface area contributed by atoms with E-state index in [0.29, 0.717) is 24.8 Å². The lowest BCUT2D eigenvalue weighted by Gasteiger charge is -2.19. The van der Waals surface area contributed by atoms with Gasteiger partial charge in [-0.1, -0.05) is 12.1 Å². The predicted octanol–water partition coefficient (Wildman–Crippen LogP) is 2.56. The Kier molecular flexibility index (Phi) is 3.95. The third kappa shape index (κ3) is 3.06. The molecule has 26 heavy (non-hydrogen) atoms. The van der Waals surface area contributed by atoms with Gasteiger partial charge in [-0.05, 0) is 54.3 Å². The fraction of sp³-hybridized carbons (Fsp3) is 0.250. The van der Waals surface area contributed by atoms with Crippen molar-refractivity contribution in [3.05, 3.63) is 58.7 Å². The molecule has 0 aromatic heterocycles. The number of rotatable bonds is 3. The van der Waals surface area contributed by atoms with E-state index in [9.17, 15) is 14.4 Å². The van der Waals surface area contributed by atoms with Crippen LogP contribution in [0.4, 0.5) is 11.4 Å². The molecule has 0 saturated carbocycles. The summed E-state index contributed by atoms with van der Waals surface area (Å²) in [6.07, 6.45) is 1.46. The van der Waals surface area contributed by atoms with Crippen LogP contribution >= 0.6 is 0 Å². The first kappa shape index (κ1) is 16.3. The Morgan fingerprint density at radius 1 is 0.962 bits per heavy atom. The predicted molar refractivity (Wildman–Crippen MR) is 98.0 cm³/mol. The van der Waals surface area contributed by atoms with Crippen LogP contribution in [0.25, 0.3) is 0 Å². The summed E-state index contributed by atoms with van der Waals surface area (Å²) in [5.74, 6) is -0.158. The van der Waals surface area contributed by atoms with Crippen LogP contribution in [0.5, 0.6) is 0 Å². The first-order valence-electron chi connectivity index (χ1n) is 8.66. The number of aryl methyl sites for hydroxylation is 1. The van der Waals surface area contributed by atoms with Crippen LogP contribution < -0.4 is 16.0 Å². The van der Waals surface area contributed by atoms with Crippen molar-refractivity contribution in [3.8, 4) is 0 Å². The van der Waals surface area contributed by atoms with E-state index >= 15 is 0 Å². The summed E-state index contributed by atoms with van der Waals surface area (Å²) in [7, 11) is 0. The minimum atomic E-state index is -0.181. The van der Waals surface area contributed by atoms with Crippen molar-refractivity contribution in [2.45, 2.75) is 32.2 Å². The molecular formula is C20H19N3O3. The highest BCUT2D eigenvalue weighted by atomic mass is 16.2. The molecule has 0 saturated heterocycles. The molecule has 1 atom stereocenters. The van der Waals surface area contributed by atoms with Crippen molar-refractivity contribution in [3.63, 3.8) is 0 Å². The van der Waals surface area contributed by atoms with Crippen LogP contribution in [0.2, 0.25) is 0 Å². The zero-order valence-electron chi connectivity index (χ0n) is 14.4. The standard InChI is InChI=1S/C20H19N3O3/c1-11(12-2-5-17-15(8-12)10-19(25)23-17)21-20(26)14-3-6-16-13(9-14)4-7-18(24)22-16/h2-3,5-6,8-9,11H,4,7,10H2,1H3,(H,21,26)(H,22,24)(H,23,25)/t11-/m0/s1. The van der Waals surface area contributed by atoms with Gasteiger partial charge in [0, 0.05) is 23.4 Å². The Morgan fingerprint density at radius 2 is 1.69 bits per heavy atom. The quantitative estimate of drug-likeness (QED) is 0.796. The summed E-state index contributed by atoms with van der Waals surface area (Å²) in [6.45, 7) is 1.92. The fourth-order valence-electron chi connectivity index (χ4n) is 3.41. The smallest absolute Gasteiger partial charge is 0.251 e. The van der Waals surface area contributed by atoms with Crippen LogP contribution in [-0.2, 0) is 22.4 Å². The summed E-state index contributed by atoms with van der Waals surface area (Å²) < 4.78 is 0. The van der Waals surface area contributed by atoms with Crippen LogP contribution in [0, 0.1) is 0 Å². The van der Waals surface area contributed by atoms with Crippen molar-refractivity contribution in [1.29, 1.82) is 0 Å². The molecule has 2 aliphatic rings. The Bertz CT molecular complexity index is 936. The molecule has 2 aromatic rings. The van der Waals surface area contributed by atoms with E-state index in [1.807, 2.05) is 31.2 Å². The fourth-order valence-corrected chi connectivity index (χ4v) is 3.41. The van der Waals surface area contributed by atoms with Gasteiger partial charge in [0.15, 0.2) is 0 Å². The van der Waals surface area contributed by atoms with Crippen LogP contribution in [0.1, 0.15) is 46.4 Å². The monoisotopic (exact) mass is 349 g/mol. The highest BCUT2D eigenvalue weighted by molar-refractivity contribution is 5.99. The molecule has 3 amide bonds. The summed E-state index contributed by atoms with van der Waals surface area (Å²) in [4.78, 5) is 35.5. The number of fused-ring (bicyclic) bond motifs is 2. The number of carbonyl (C=O) groups is 3. The van der Waals surface area contributed by atoms with Crippen molar-refractivity contribution in [2.75, 3.05) is 10.6 Å². The number of carbonyl (C=O) groups excluding carboxylic acids is 3. The minimum Gasteiger partial charge on any atom is -0.346 e.